The summed E-state index contributed by atoms with van der Waals surface area (Å²) in [5.74, 6) is 3.53. The minimum absolute atomic E-state index is 0.0100. The van der Waals surface area contributed by atoms with E-state index in [9.17, 15) is 4.79 Å². The number of hydrogen-bond acceptors (Lipinski definition) is 6. The lowest BCUT2D eigenvalue weighted by atomic mass is 9.49. The Morgan fingerprint density at radius 3 is 2.21 bits per heavy atom. The monoisotopic (exact) mass is 378 g/mol. The Balaban J connectivity index is 1.25. The first kappa shape index (κ1) is 16.7. The Labute approximate surface area is 165 Å². The van der Waals surface area contributed by atoms with Crippen molar-refractivity contribution in [1.82, 2.24) is 9.97 Å². The molecule has 3 heterocycles. The summed E-state index contributed by atoms with van der Waals surface area (Å²) in [5.41, 5.74) is 1.20. The predicted molar refractivity (Wildman–Crippen MR) is 106 cm³/mol. The lowest BCUT2D eigenvalue weighted by molar-refractivity contribution is -0.131. The van der Waals surface area contributed by atoms with Crippen molar-refractivity contribution in [3.8, 4) is 0 Å². The topological polar surface area (TPSA) is 67.7 Å². The molecule has 2 aliphatic heterocycles. The molecule has 0 aromatic carbocycles. The zero-order valence-electron chi connectivity index (χ0n) is 16.1. The van der Waals surface area contributed by atoms with E-state index in [0.717, 1.165) is 61.6 Å². The van der Waals surface area contributed by atoms with Gasteiger partial charge in [0.15, 0.2) is 5.70 Å². The highest BCUT2D eigenvalue weighted by Crippen LogP contribution is 2.61. The maximum absolute atomic E-state index is 12.5. The van der Waals surface area contributed by atoms with E-state index in [1.54, 1.807) is 18.5 Å². The van der Waals surface area contributed by atoms with Gasteiger partial charge < -0.3 is 9.64 Å². The molecule has 0 N–H and O–H groups in total. The van der Waals surface area contributed by atoms with Crippen molar-refractivity contribution in [2.24, 2.45) is 28.2 Å². The van der Waals surface area contributed by atoms with Gasteiger partial charge in [-0.1, -0.05) is 0 Å². The normalized spacial score (nSPS) is 37.6. The summed E-state index contributed by atoms with van der Waals surface area (Å²) in [6, 6.07) is 0. The summed E-state index contributed by atoms with van der Waals surface area (Å²) in [4.78, 5) is 28.3. The van der Waals surface area contributed by atoms with Gasteiger partial charge in [0.05, 0.1) is 0 Å². The minimum Gasteiger partial charge on any atom is -0.406 e. The molecule has 0 radical (unpaired) electrons. The van der Waals surface area contributed by atoms with Gasteiger partial charge in [-0.15, -0.1) is 0 Å². The SMILES string of the molecule is O=C1OC(C23CC4CC(CC(C4)C2)C3)=N/C1=C/c1cnc(N2CCCC2)nc1. The quantitative estimate of drug-likeness (QED) is 0.594. The fraction of sp³-hybridized carbons (Fsp3) is 0.636. The van der Waals surface area contributed by atoms with E-state index < -0.39 is 0 Å². The third kappa shape index (κ3) is 2.68. The molecular weight excluding hydrogens is 352 g/mol. The van der Waals surface area contributed by atoms with E-state index in [2.05, 4.69) is 14.9 Å². The molecule has 6 nitrogen and oxygen atoms in total. The van der Waals surface area contributed by atoms with Crippen molar-refractivity contribution in [1.29, 1.82) is 0 Å². The first-order chi connectivity index (χ1) is 13.7. The highest BCUT2D eigenvalue weighted by Gasteiger charge is 2.55. The van der Waals surface area contributed by atoms with Crippen LogP contribution in [0.2, 0.25) is 0 Å². The van der Waals surface area contributed by atoms with Crippen LogP contribution in [0.1, 0.15) is 56.9 Å². The molecule has 6 heteroatoms. The van der Waals surface area contributed by atoms with Crippen molar-refractivity contribution in [3.05, 3.63) is 23.7 Å². The van der Waals surface area contributed by atoms with Gasteiger partial charge in [-0.25, -0.2) is 19.8 Å². The number of aromatic nitrogens is 2. The number of rotatable bonds is 3. The molecule has 0 amide bonds. The Morgan fingerprint density at radius 2 is 1.61 bits per heavy atom. The number of nitrogens with zero attached hydrogens (tertiary/aromatic N) is 4. The van der Waals surface area contributed by atoms with Crippen molar-refractivity contribution < 1.29 is 9.53 Å². The number of carbonyl (C=O) groups is 1. The smallest absolute Gasteiger partial charge is 0.363 e. The van der Waals surface area contributed by atoms with Gasteiger partial charge in [-0.2, -0.15) is 0 Å². The Kier molecular flexibility index (Phi) is 3.65. The summed E-state index contributed by atoms with van der Waals surface area (Å²) in [6.45, 7) is 2.04. The largest absolute Gasteiger partial charge is 0.406 e. The highest BCUT2D eigenvalue weighted by molar-refractivity contribution is 6.08. The third-order valence-corrected chi connectivity index (χ3v) is 7.46. The summed E-state index contributed by atoms with van der Waals surface area (Å²) in [5, 5.41) is 0. The highest BCUT2D eigenvalue weighted by atomic mass is 16.6. The molecule has 0 unspecified atom stereocenters. The van der Waals surface area contributed by atoms with Crippen molar-refractivity contribution >= 4 is 23.9 Å². The number of cyclic esters (lactones) is 1. The molecule has 28 heavy (non-hydrogen) atoms. The van der Waals surface area contributed by atoms with Crippen LogP contribution in [-0.2, 0) is 9.53 Å². The van der Waals surface area contributed by atoms with E-state index in [4.69, 9.17) is 9.73 Å². The molecule has 4 aliphatic carbocycles. The zero-order valence-corrected chi connectivity index (χ0v) is 16.1. The third-order valence-electron chi connectivity index (χ3n) is 7.46. The van der Waals surface area contributed by atoms with Crippen molar-refractivity contribution in [2.45, 2.75) is 51.4 Å². The van der Waals surface area contributed by atoms with E-state index in [1.807, 2.05) is 0 Å². The fourth-order valence-corrected chi connectivity index (χ4v) is 6.65. The lowest BCUT2D eigenvalue weighted by Crippen LogP contribution is -2.50. The van der Waals surface area contributed by atoms with Gasteiger partial charge in [0.25, 0.3) is 0 Å². The Hall–Kier alpha value is -2.24. The average Bonchev–Trinajstić information content (AvgIpc) is 3.32. The van der Waals surface area contributed by atoms with Crippen molar-refractivity contribution in [2.75, 3.05) is 18.0 Å². The van der Waals surface area contributed by atoms with Crippen LogP contribution in [0.3, 0.4) is 0 Å². The predicted octanol–water partition coefficient (Wildman–Crippen LogP) is 3.59. The van der Waals surface area contributed by atoms with Gasteiger partial charge in [0.2, 0.25) is 11.8 Å². The second kappa shape index (κ2) is 6.13. The first-order valence-corrected chi connectivity index (χ1v) is 10.8. The first-order valence-electron chi connectivity index (χ1n) is 10.8. The molecule has 4 saturated carbocycles. The standard InChI is InChI=1S/C22H26N4O2/c27-19-18(8-17-12-23-21(24-13-17)26-3-1-2-4-26)25-20(28-19)22-9-14-5-15(10-22)7-16(6-14)11-22/h8,12-16H,1-7,9-11H2/b18-8+. The molecule has 0 atom stereocenters. The summed E-state index contributed by atoms with van der Waals surface area (Å²) in [6.07, 6.45) is 15.2. The number of ether oxygens (including phenoxy) is 1. The molecule has 6 aliphatic rings. The van der Waals surface area contributed by atoms with Crippen LogP contribution < -0.4 is 4.90 Å². The molecule has 1 aromatic heterocycles. The Bertz CT molecular complexity index is 832. The number of anilines is 1. The van der Waals surface area contributed by atoms with Crippen LogP contribution in [0.5, 0.6) is 0 Å². The molecule has 1 saturated heterocycles. The summed E-state index contributed by atoms with van der Waals surface area (Å²) < 4.78 is 5.73. The number of esters is 1. The van der Waals surface area contributed by atoms with Crippen LogP contribution >= 0.6 is 0 Å². The minimum atomic E-state index is -0.325. The van der Waals surface area contributed by atoms with Gasteiger partial charge >= 0.3 is 5.97 Å². The molecule has 5 fully saturated rings. The average molecular weight is 378 g/mol. The van der Waals surface area contributed by atoms with E-state index in [0.29, 0.717) is 11.6 Å². The van der Waals surface area contributed by atoms with Gasteiger partial charge in [0.1, 0.15) is 0 Å². The zero-order chi connectivity index (χ0) is 18.7. The van der Waals surface area contributed by atoms with Crippen LogP contribution in [0.15, 0.2) is 23.1 Å². The Morgan fingerprint density at radius 1 is 1.00 bits per heavy atom. The van der Waals surface area contributed by atoms with Gasteiger partial charge in [0, 0.05) is 36.5 Å². The molecule has 4 bridgehead atoms. The maximum atomic E-state index is 12.5. The fourth-order valence-electron chi connectivity index (χ4n) is 6.65. The van der Waals surface area contributed by atoms with Crippen LogP contribution in [0.4, 0.5) is 5.95 Å². The van der Waals surface area contributed by atoms with Crippen LogP contribution in [-0.4, -0.2) is 34.9 Å². The van der Waals surface area contributed by atoms with E-state index in [-0.39, 0.29) is 11.4 Å². The van der Waals surface area contributed by atoms with Crippen LogP contribution in [0.25, 0.3) is 6.08 Å². The van der Waals surface area contributed by atoms with Gasteiger partial charge in [-0.3, -0.25) is 0 Å². The van der Waals surface area contributed by atoms with E-state index >= 15 is 0 Å². The summed E-state index contributed by atoms with van der Waals surface area (Å²) in [7, 11) is 0. The molecule has 1 aromatic rings. The van der Waals surface area contributed by atoms with Crippen LogP contribution in [0, 0.1) is 23.2 Å². The van der Waals surface area contributed by atoms with Crippen molar-refractivity contribution in [3.63, 3.8) is 0 Å². The number of hydrogen-bond donors (Lipinski definition) is 0. The number of carbonyl (C=O) groups excluding carboxylic acids is 1. The van der Waals surface area contributed by atoms with E-state index in [1.165, 1.54) is 32.1 Å². The number of aliphatic imine (C=N–C) groups is 1. The molecule has 7 rings (SSSR count). The van der Waals surface area contributed by atoms with Gasteiger partial charge in [-0.05, 0) is 75.2 Å². The summed E-state index contributed by atoms with van der Waals surface area (Å²) >= 11 is 0. The second-order valence-electron chi connectivity index (χ2n) is 9.54. The second-order valence-corrected chi connectivity index (χ2v) is 9.54. The molecular formula is C22H26N4O2. The molecule has 0 spiro atoms. The maximum Gasteiger partial charge on any atom is 0.363 e. The lowest BCUT2D eigenvalue weighted by Gasteiger charge is -2.55. The molecule has 146 valence electrons.